The summed E-state index contributed by atoms with van der Waals surface area (Å²) in [4.78, 5) is 25.7. The minimum atomic E-state index is -0.415. The molecule has 1 aliphatic rings. The van der Waals surface area contributed by atoms with Crippen molar-refractivity contribution in [1.29, 1.82) is 0 Å². The van der Waals surface area contributed by atoms with Crippen molar-refractivity contribution < 1.29 is 14.3 Å². The lowest BCUT2D eigenvalue weighted by atomic mass is 9.77. The molecule has 1 saturated heterocycles. The van der Waals surface area contributed by atoms with Gasteiger partial charge in [-0.1, -0.05) is 13.2 Å². The van der Waals surface area contributed by atoms with Crippen LogP contribution < -0.4 is 0 Å². The number of esters is 1. The average molecular weight is 279 g/mol. The number of carbonyl (C=O) groups excluding carboxylic acids is 2. The third-order valence-electron chi connectivity index (χ3n) is 3.68. The lowest BCUT2D eigenvalue weighted by Crippen LogP contribution is -2.64. The fraction of sp³-hybridized carbons (Fsp3) is 0.625. The topological polar surface area (TPSA) is 46.6 Å². The smallest absolute Gasteiger partial charge is 0.330 e. The molecule has 1 heterocycles. The van der Waals surface area contributed by atoms with E-state index in [1.54, 1.807) is 6.92 Å². The van der Waals surface area contributed by atoms with E-state index in [0.717, 1.165) is 0 Å². The van der Waals surface area contributed by atoms with Crippen molar-refractivity contribution in [3.63, 3.8) is 0 Å². The molecule has 1 rings (SSSR count). The number of carbonyl (C=O) groups is 2. The van der Waals surface area contributed by atoms with E-state index in [0.29, 0.717) is 18.4 Å². The summed E-state index contributed by atoms with van der Waals surface area (Å²) in [7, 11) is 0. The van der Waals surface area contributed by atoms with Crippen molar-refractivity contribution in [2.75, 3.05) is 0 Å². The van der Waals surface area contributed by atoms with Crippen LogP contribution in [-0.4, -0.2) is 34.0 Å². The summed E-state index contributed by atoms with van der Waals surface area (Å²) in [5.41, 5.74) is -0.277. The molecule has 0 N–H and O–H groups in total. The van der Waals surface area contributed by atoms with Crippen molar-refractivity contribution in [2.45, 2.75) is 64.6 Å². The molecule has 0 aromatic rings. The van der Waals surface area contributed by atoms with Gasteiger partial charge in [-0.3, -0.25) is 4.79 Å². The Morgan fingerprint density at radius 3 is 2.00 bits per heavy atom. The Balaban J connectivity index is 3.04. The van der Waals surface area contributed by atoms with Gasteiger partial charge in [-0.15, -0.1) is 0 Å². The molecular formula is C16H25NO3. The summed E-state index contributed by atoms with van der Waals surface area (Å²) in [6, 6.07) is 0. The van der Waals surface area contributed by atoms with Crippen LogP contribution in [0.5, 0.6) is 0 Å². The summed E-state index contributed by atoms with van der Waals surface area (Å²) >= 11 is 0. The second kappa shape index (κ2) is 5.43. The summed E-state index contributed by atoms with van der Waals surface area (Å²) in [5.74, 6) is -0.463. The highest BCUT2D eigenvalue weighted by Gasteiger charge is 2.48. The number of hydrogen-bond donors (Lipinski definition) is 0. The molecule has 0 aromatic carbocycles. The largest absolute Gasteiger partial charge is 0.459 e. The Morgan fingerprint density at radius 1 is 1.20 bits per heavy atom. The predicted octanol–water partition coefficient (Wildman–Crippen LogP) is 2.84. The van der Waals surface area contributed by atoms with E-state index < -0.39 is 17.0 Å². The number of piperidine rings is 1. The van der Waals surface area contributed by atoms with Crippen molar-refractivity contribution in [3.05, 3.63) is 24.8 Å². The van der Waals surface area contributed by atoms with Gasteiger partial charge < -0.3 is 9.64 Å². The second-order valence-electron chi connectivity index (χ2n) is 6.72. The van der Waals surface area contributed by atoms with Crippen molar-refractivity contribution in [2.24, 2.45) is 0 Å². The second-order valence-corrected chi connectivity index (χ2v) is 6.72. The first-order valence-electron chi connectivity index (χ1n) is 6.84. The molecule has 0 spiro atoms. The van der Waals surface area contributed by atoms with Gasteiger partial charge in [-0.05, 0) is 34.6 Å². The molecule has 0 aliphatic carbocycles. The van der Waals surface area contributed by atoms with Crippen LogP contribution >= 0.6 is 0 Å². The molecule has 4 heteroatoms. The third-order valence-corrected chi connectivity index (χ3v) is 3.68. The fourth-order valence-corrected chi connectivity index (χ4v) is 3.22. The number of rotatable bonds is 3. The van der Waals surface area contributed by atoms with Crippen LogP contribution in [-0.2, 0) is 14.3 Å². The predicted molar refractivity (Wildman–Crippen MR) is 79.1 cm³/mol. The molecule has 20 heavy (non-hydrogen) atoms. The highest BCUT2D eigenvalue weighted by Crippen LogP contribution is 2.40. The summed E-state index contributed by atoms with van der Waals surface area (Å²) < 4.78 is 5.38. The molecule has 0 atom stereocenters. The zero-order valence-electron chi connectivity index (χ0n) is 13.2. The van der Waals surface area contributed by atoms with Crippen LogP contribution in [0, 0.1) is 0 Å². The van der Waals surface area contributed by atoms with Gasteiger partial charge in [0.05, 0.1) is 0 Å². The Kier molecular flexibility index (Phi) is 4.47. The third kappa shape index (κ3) is 3.30. The Morgan fingerprint density at radius 2 is 1.65 bits per heavy atom. The molecule has 1 fully saturated rings. The van der Waals surface area contributed by atoms with Gasteiger partial charge in [0.1, 0.15) is 6.10 Å². The van der Waals surface area contributed by atoms with Gasteiger partial charge in [-0.25, -0.2) is 4.79 Å². The number of nitrogens with zero attached hydrogens (tertiary/aromatic N) is 1. The number of likely N-dealkylation sites (tertiary alicyclic amines) is 1. The van der Waals surface area contributed by atoms with Crippen molar-refractivity contribution in [3.8, 4) is 0 Å². The summed E-state index contributed by atoms with van der Waals surface area (Å²) in [5, 5.41) is 0. The summed E-state index contributed by atoms with van der Waals surface area (Å²) in [6.07, 6.45) is 2.18. The molecule has 4 nitrogen and oxygen atoms in total. The van der Waals surface area contributed by atoms with Gasteiger partial charge in [0.25, 0.3) is 0 Å². The average Bonchev–Trinajstić information content (AvgIpc) is 2.24. The molecule has 0 bridgehead atoms. The molecule has 112 valence electrons. The molecule has 0 saturated carbocycles. The first kappa shape index (κ1) is 16.5. The number of amides is 1. The van der Waals surface area contributed by atoms with E-state index in [4.69, 9.17) is 4.74 Å². The Labute approximate surface area is 121 Å². The maximum absolute atomic E-state index is 12.4. The molecule has 0 radical (unpaired) electrons. The number of ether oxygens (including phenoxy) is 1. The minimum absolute atomic E-state index is 0.0477. The van der Waals surface area contributed by atoms with Gasteiger partial charge in [0.15, 0.2) is 0 Å². The molecule has 1 amide bonds. The van der Waals surface area contributed by atoms with Gasteiger partial charge in [0, 0.05) is 35.6 Å². The highest BCUT2D eigenvalue weighted by atomic mass is 16.5. The summed E-state index contributed by atoms with van der Waals surface area (Å²) in [6.45, 7) is 16.8. The quantitative estimate of drug-likeness (QED) is 0.589. The van der Waals surface area contributed by atoms with E-state index in [-0.39, 0.29) is 12.0 Å². The van der Waals surface area contributed by atoms with E-state index in [1.165, 1.54) is 6.08 Å². The zero-order valence-corrected chi connectivity index (χ0v) is 13.2. The molecule has 1 aliphatic heterocycles. The number of hydrogen-bond acceptors (Lipinski definition) is 3. The zero-order chi connectivity index (χ0) is 15.7. The van der Waals surface area contributed by atoms with Crippen molar-refractivity contribution >= 4 is 11.9 Å². The standard InChI is InChI=1S/C16H25NO3/c1-8-13(18)20-12-9-15(4,5)17(14(19)11(2)3)16(6,7)10-12/h8,12H,1-2,9-10H2,3-7H3. The van der Waals surface area contributed by atoms with Gasteiger partial charge in [-0.2, -0.15) is 0 Å². The lowest BCUT2D eigenvalue weighted by molar-refractivity contribution is -0.162. The fourth-order valence-electron chi connectivity index (χ4n) is 3.22. The first-order chi connectivity index (χ1) is 9.01. The maximum Gasteiger partial charge on any atom is 0.330 e. The Hall–Kier alpha value is -1.58. The SMILES string of the molecule is C=CC(=O)OC1CC(C)(C)N(C(=O)C(=C)C)C(C)(C)C1. The highest BCUT2D eigenvalue weighted by molar-refractivity contribution is 5.93. The first-order valence-corrected chi connectivity index (χ1v) is 6.84. The Bertz CT molecular complexity index is 431. The lowest BCUT2D eigenvalue weighted by Gasteiger charge is -2.54. The van der Waals surface area contributed by atoms with Crippen molar-refractivity contribution in [1.82, 2.24) is 4.90 Å². The van der Waals surface area contributed by atoms with E-state index in [9.17, 15) is 9.59 Å². The molecular weight excluding hydrogens is 254 g/mol. The van der Waals surface area contributed by atoms with E-state index in [1.807, 2.05) is 32.6 Å². The van der Waals surface area contributed by atoms with Crippen LogP contribution in [0.4, 0.5) is 0 Å². The van der Waals surface area contributed by atoms with E-state index >= 15 is 0 Å². The van der Waals surface area contributed by atoms with Crippen LogP contribution in [0.2, 0.25) is 0 Å². The van der Waals surface area contributed by atoms with Gasteiger partial charge >= 0.3 is 5.97 Å². The molecule has 0 aromatic heterocycles. The monoisotopic (exact) mass is 279 g/mol. The van der Waals surface area contributed by atoms with Crippen LogP contribution in [0.3, 0.4) is 0 Å². The van der Waals surface area contributed by atoms with E-state index in [2.05, 4.69) is 13.2 Å². The van der Waals surface area contributed by atoms with Crippen LogP contribution in [0.25, 0.3) is 0 Å². The van der Waals surface area contributed by atoms with Crippen LogP contribution in [0.15, 0.2) is 24.8 Å². The van der Waals surface area contributed by atoms with Gasteiger partial charge in [0.2, 0.25) is 5.91 Å². The van der Waals surface area contributed by atoms with Crippen LogP contribution in [0.1, 0.15) is 47.5 Å². The normalized spacial score (nSPS) is 21.1. The molecule has 0 unspecified atom stereocenters. The minimum Gasteiger partial charge on any atom is -0.459 e. The maximum atomic E-state index is 12.4.